The number of carbonyl (C=O) groups is 1. The summed E-state index contributed by atoms with van der Waals surface area (Å²) in [5.41, 5.74) is 0.736. The highest BCUT2D eigenvalue weighted by molar-refractivity contribution is 6.30. The van der Waals surface area contributed by atoms with Gasteiger partial charge in [0.05, 0.1) is 6.54 Å². The van der Waals surface area contributed by atoms with E-state index in [1.165, 1.54) is 18.2 Å². The maximum absolute atomic E-state index is 13.2. The number of amides is 1. The van der Waals surface area contributed by atoms with Gasteiger partial charge < -0.3 is 14.1 Å². The first-order chi connectivity index (χ1) is 13.4. The fourth-order valence-electron chi connectivity index (χ4n) is 2.52. The Morgan fingerprint density at radius 1 is 1.21 bits per heavy atom. The van der Waals surface area contributed by atoms with Crippen molar-refractivity contribution in [2.75, 3.05) is 6.61 Å². The van der Waals surface area contributed by atoms with Gasteiger partial charge in [-0.2, -0.15) is 0 Å². The molecule has 8 heteroatoms. The minimum Gasteiger partial charge on any atom is -0.484 e. The summed E-state index contributed by atoms with van der Waals surface area (Å²) in [6.45, 7) is 3.66. The molecule has 1 aromatic heterocycles. The average Bonchev–Trinajstić information content (AvgIpc) is 3.13. The minimum absolute atomic E-state index is 0.116. The zero-order chi connectivity index (χ0) is 20.1. The number of benzene rings is 2. The van der Waals surface area contributed by atoms with E-state index in [2.05, 4.69) is 10.2 Å². The number of aromatic nitrogens is 2. The fourth-order valence-corrected chi connectivity index (χ4v) is 2.64. The molecule has 3 rings (SSSR count). The first-order valence-corrected chi connectivity index (χ1v) is 9.06. The van der Waals surface area contributed by atoms with Crippen LogP contribution in [0.4, 0.5) is 4.39 Å². The van der Waals surface area contributed by atoms with Crippen LogP contribution in [-0.4, -0.2) is 33.7 Å². The zero-order valence-electron chi connectivity index (χ0n) is 15.4. The number of hydrogen-bond acceptors (Lipinski definition) is 5. The van der Waals surface area contributed by atoms with Gasteiger partial charge in [0.1, 0.15) is 11.6 Å². The van der Waals surface area contributed by atoms with Crippen LogP contribution in [0.15, 0.2) is 52.9 Å². The van der Waals surface area contributed by atoms with Gasteiger partial charge in [0.25, 0.3) is 5.91 Å². The molecule has 0 saturated carbocycles. The maximum atomic E-state index is 13.2. The van der Waals surface area contributed by atoms with Crippen molar-refractivity contribution in [2.24, 2.45) is 0 Å². The molecule has 0 fully saturated rings. The van der Waals surface area contributed by atoms with Crippen molar-refractivity contribution in [1.82, 2.24) is 15.1 Å². The Hall–Kier alpha value is -2.93. The summed E-state index contributed by atoms with van der Waals surface area (Å²) in [6.07, 6.45) is 0. The van der Waals surface area contributed by atoms with Gasteiger partial charge >= 0.3 is 0 Å². The van der Waals surface area contributed by atoms with Crippen molar-refractivity contribution in [1.29, 1.82) is 0 Å². The first-order valence-electron chi connectivity index (χ1n) is 8.68. The van der Waals surface area contributed by atoms with Gasteiger partial charge in [0, 0.05) is 22.7 Å². The molecule has 0 aliphatic heterocycles. The van der Waals surface area contributed by atoms with E-state index < -0.39 is 5.82 Å². The highest BCUT2D eigenvalue weighted by atomic mass is 35.5. The number of carbonyl (C=O) groups excluding carboxylic acids is 1. The van der Waals surface area contributed by atoms with Crippen LogP contribution in [0.1, 0.15) is 19.7 Å². The van der Waals surface area contributed by atoms with Crippen LogP contribution >= 0.6 is 11.6 Å². The van der Waals surface area contributed by atoms with Crippen LogP contribution in [0.2, 0.25) is 5.02 Å². The summed E-state index contributed by atoms with van der Waals surface area (Å²) in [5.74, 6) is 0.244. The van der Waals surface area contributed by atoms with Crippen molar-refractivity contribution < 1.29 is 18.3 Å². The molecule has 0 N–H and O–H groups in total. The standard InChI is InChI=1S/C20H19ClFN3O3/c1-13(2)25(19(26)12-27-17-5-3-4-16(22)10-17)11-18-23-24-20(28-18)14-6-8-15(21)9-7-14/h3-10,13H,11-12H2,1-2H3. The monoisotopic (exact) mass is 403 g/mol. The lowest BCUT2D eigenvalue weighted by Gasteiger charge is -2.25. The van der Waals surface area contributed by atoms with Crippen LogP contribution in [-0.2, 0) is 11.3 Å². The third-order valence-electron chi connectivity index (χ3n) is 3.97. The SMILES string of the molecule is CC(C)N(Cc1nnc(-c2ccc(Cl)cc2)o1)C(=O)COc1cccc(F)c1. The number of rotatable bonds is 7. The Morgan fingerprint density at radius 3 is 2.64 bits per heavy atom. The third-order valence-corrected chi connectivity index (χ3v) is 4.22. The fraction of sp³-hybridized carbons (Fsp3) is 0.250. The molecule has 0 saturated heterocycles. The van der Waals surface area contributed by atoms with Gasteiger partial charge in [-0.3, -0.25) is 4.79 Å². The third kappa shape index (κ3) is 5.07. The molecule has 1 amide bonds. The second kappa shape index (κ2) is 8.84. The lowest BCUT2D eigenvalue weighted by Crippen LogP contribution is -2.39. The predicted molar refractivity (Wildman–Crippen MR) is 102 cm³/mol. The van der Waals surface area contributed by atoms with Crippen LogP contribution < -0.4 is 4.74 Å². The van der Waals surface area contributed by atoms with Gasteiger partial charge in [0.15, 0.2) is 6.61 Å². The number of ether oxygens (including phenoxy) is 1. The van der Waals surface area contributed by atoms with E-state index >= 15 is 0 Å². The summed E-state index contributed by atoms with van der Waals surface area (Å²) >= 11 is 5.88. The Bertz CT molecular complexity index is 944. The van der Waals surface area contributed by atoms with E-state index in [0.29, 0.717) is 22.6 Å². The second-order valence-electron chi connectivity index (χ2n) is 6.37. The Kier molecular flexibility index (Phi) is 6.26. The molecule has 6 nitrogen and oxygen atoms in total. The van der Waals surface area contributed by atoms with E-state index in [9.17, 15) is 9.18 Å². The summed E-state index contributed by atoms with van der Waals surface area (Å²) in [4.78, 5) is 14.1. The molecular weight excluding hydrogens is 385 g/mol. The molecule has 0 atom stereocenters. The first kappa shape index (κ1) is 19.8. The van der Waals surface area contributed by atoms with Crippen molar-refractivity contribution in [3.8, 4) is 17.2 Å². The second-order valence-corrected chi connectivity index (χ2v) is 6.81. The summed E-state index contributed by atoms with van der Waals surface area (Å²) in [7, 11) is 0. The quantitative estimate of drug-likeness (QED) is 0.586. The Morgan fingerprint density at radius 2 is 1.96 bits per heavy atom. The molecule has 0 bridgehead atoms. The maximum Gasteiger partial charge on any atom is 0.261 e. The molecule has 146 valence electrons. The van der Waals surface area contributed by atoms with Crippen molar-refractivity contribution in [2.45, 2.75) is 26.4 Å². The minimum atomic E-state index is -0.425. The van der Waals surface area contributed by atoms with E-state index in [4.69, 9.17) is 20.8 Å². The van der Waals surface area contributed by atoms with E-state index in [1.807, 2.05) is 13.8 Å². The van der Waals surface area contributed by atoms with Crippen molar-refractivity contribution in [3.05, 3.63) is 65.3 Å². The highest BCUT2D eigenvalue weighted by Crippen LogP contribution is 2.21. The molecule has 0 aliphatic rings. The molecular formula is C20H19ClFN3O3. The van der Waals surface area contributed by atoms with Crippen LogP contribution in [0.25, 0.3) is 11.5 Å². The topological polar surface area (TPSA) is 68.5 Å². The largest absolute Gasteiger partial charge is 0.484 e. The van der Waals surface area contributed by atoms with Crippen LogP contribution in [0, 0.1) is 5.82 Å². The average molecular weight is 404 g/mol. The summed E-state index contributed by atoms with van der Waals surface area (Å²) < 4.78 is 24.3. The Labute approximate surface area is 166 Å². The normalized spacial score (nSPS) is 10.9. The van der Waals surface area contributed by atoms with Gasteiger partial charge in [-0.05, 0) is 50.2 Å². The van der Waals surface area contributed by atoms with E-state index in [-0.39, 0.29) is 25.1 Å². The molecule has 28 heavy (non-hydrogen) atoms. The van der Waals surface area contributed by atoms with E-state index in [0.717, 1.165) is 5.56 Å². The van der Waals surface area contributed by atoms with Gasteiger partial charge in [-0.1, -0.05) is 17.7 Å². The zero-order valence-corrected chi connectivity index (χ0v) is 16.2. The summed E-state index contributed by atoms with van der Waals surface area (Å²) in [6, 6.07) is 12.5. The molecule has 0 spiro atoms. The van der Waals surface area contributed by atoms with Crippen LogP contribution in [0.3, 0.4) is 0 Å². The lowest BCUT2D eigenvalue weighted by molar-refractivity contribution is -0.136. The van der Waals surface area contributed by atoms with Crippen molar-refractivity contribution in [3.63, 3.8) is 0 Å². The van der Waals surface area contributed by atoms with Crippen molar-refractivity contribution >= 4 is 17.5 Å². The molecule has 0 unspecified atom stereocenters. The number of halogens is 2. The molecule has 0 radical (unpaired) electrons. The molecule has 1 heterocycles. The predicted octanol–water partition coefficient (Wildman–Crippen LogP) is 4.35. The highest BCUT2D eigenvalue weighted by Gasteiger charge is 2.21. The van der Waals surface area contributed by atoms with Gasteiger partial charge in [0.2, 0.25) is 11.8 Å². The Balaban J connectivity index is 1.65. The molecule has 3 aromatic rings. The lowest BCUT2D eigenvalue weighted by atomic mass is 10.2. The smallest absolute Gasteiger partial charge is 0.261 e. The van der Waals surface area contributed by atoms with E-state index in [1.54, 1.807) is 35.2 Å². The van der Waals surface area contributed by atoms with Gasteiger partial charge in [-0.15, -0.1) is 10.2 Å². The molecule has 0 aliphatic carbocycles. The molecule has 2 aromatic carbocycles. The summed E-state index contributed by atoms with van der Waals surface area (Å²) in [5, 5.41) is 8.65. The number of nitrogens with zero attached hydrogens (tertiary/aromatic N) is 3. The van der Waals surface area contributed by atoms with Gasteiger partial charge in [-0.25, -0.2) is 4.39 Å². The van der Waals surface area contributed by atoms with Crippen LogP contribution in [0.5, 0.6) is 5.75 Å². The number of hydrogen-bond donors (Lipinski definition) is 0.